The molecule has 1 aliphatic heterocycles. The van der Waals surface area contributed by atoms with Crippen LogP contribution in [0.3, 0.4) is 0 Å². The van der Waals surface area contributed by atoms with Gasteiger partial charge in [0.05, 0.1) is 24.3 Å². The molecule has 2 aromatic rings. The van der Waals surface area contributed by atoms with Crippen LogP contribution in [0.1, 0.15) is 27.3 Å². The lowest BCUT2D eigenvalue weighted by atomic mass is 10.1. The van der Waals surface area contributed by atoms with E-state index in [0.717, 1.165) is 17.5 Å². The van der Waals surface area contributed by atoms with Crippen molar-refractivity contribution in [2.75, 3.05) is 31.3 Å². The Labute approximate surface area is 154 Å². The molecule has 3 rings (SSSR count). The van der Waals surface area contributed by atoms with E-state index in [-0.39, 0.29) is 31.8 Å². The zero-order valence-corrected chi connectivity index (χ0v) is 15.0. The van der Waals surface area contributed by atoms with Gasteiger partial charge in [-0.2, -0.15) is 13.2 Å². The summed E-state index contributed by atoms with van der Waals surface area (Å²) >= 11 is 0. The fraction of sp³-hybridized carbons (Fsp3) is 0.389. The highest BCUT2D eigenvalue weighted by atomic mass is 19.4. The lowest BCUT2D eigenvalue weighted by Gasteiger charge is -2.22. The normalized spacial score (nSPS) is 15.6. The van der Waals surface area contributed by atoms with Crippen molar-refractivity contribution in [1.82, 2.24) is 14.9 Å². The van der Waals surface area contributed by atoms with E-state index in [1.165, 1.54) is 28.2 Å². The predicted octanol–water partition coefficient (Wildman–Crippen LogP) is 3.01. The summed E-state index contributed by atoms with van der Waals surface area (Å²) in [6.07, 6.45) is -4.59. The molecule has 0 N–H and O–H groups in total. The average Bonchev–Trinajstić information content (AvgIpc) is 2.86. The molecule has 6 nitrogen and oxygen atoms in total. The fourth-order valence-corrected chi connectivity index (χ4v) is 2.92. The molecular formula is C18H19F3N4O2. The van der Waals surface area contributed by atoms with E-state index in [0.29, 0.717) is 5.95 Å². The summed E-state index contributed by atoms with van der Waals surface area (Å²) in [5.74, 6) is -0.299. The Morgan fingerprint density at radius 2 is 1.74 bits per heavy atom. The van der Waals surface area contributed by atoms with Crippen molar-refractivity contribution in [3.8, 4) is 0 Å². The third kappa shape index (κ3) is 4.36. The van der Waals surface area contributed by atoms with E-state index in [2.05, 4.69) is 9.97 Å². The van der Waals surface area contributed by atoms with Gasteiger partial charge in [0, 0.05) is 24.5 Å². The van der Waals surface area contributed by atoms with Crippen LogP contribution in [0.2, 0.25) is 0 Å². The standard InChI is InChI=1S/C18H19F3N4O2/c1-12-11-13(2)23-17(22-12)25-8-7-24(9-10-27-25)16(26)14-5-3-4-6-15(14)18(19,20)21/h3-6,11H,7-10H2,1-2H3. The maximum absolute atomic E-state index is 13.2. The van der Waals surface area contributed by atoms with Crippen LogP contribution in [0.25, 0.3) is 0 Å². The number of nitrogens with zero attached hydrogens (tertiary/aromatic N) is 4. The highest BCUT2D eigenvalue weighted by Gasteiger charge is 2.36. The van der Waals surface area contributed by atoms with E-state index in [4.69, 9.17) is 4.84 Å². The predicted molar refractivity (Wildman–Crippen MR) is 92.2 cm³/mol. The summed E-state index contributed by atoms with van der Waals surface area (Å²) in [6, 6.07) is 6.63. The van der Waals surface area contributed by atoms with Crippen LogP contribution in [0.4, 0.5) is 19.1 Å². The van der Waals surface area contributed by atoms with Gasteiger partial charge in [0.2, 0.25) is 5.95 Å². The molecular weight excluding hydrogens is 361 g/mol. The zero-order chi connectivity index (χ0) is 19.6. The van der Waals surface area contributed by atoms with Crippen LogP contribution < -0.4 is 5.06 Å². The van der Waals surface area contributed by atoms with E-state index in [1.807, 2.05) is 19.9 Å². The third-order valence-corrected chi connectivity index (χ3v) is 4.12. The second kappa shape index (κ2) is 7.51. The fourth-order valence-electron chi connectivity index (χ4n) is 2.92. The molecule has 0 unspecified atom stereocenters. The molecule has 0 radical (unpaired) electrons. The van der Waals surface area contributed by atoms with Gasteiger partial charge in [0.1, 0.15) is 0 Å². The highest BCUT2D eigenvalue weighted by Crippen LogP contribution is 2.32. The Hall–Kier alpha value is -2.68. The summed E-state index contributed by atoms with van der Waals surface area (Å²) in [7, 11) is 0. The molecule has 1 saturated heterocycles. The van der Waals surface area contributed by atoms with Gasteiger partial charge in [-0.3, -0.25) is 9.63 Å². The van der Waals surface area contributed by atoms with Crippen LogP contribution in [0.5, 0.6) is 0 Å². The second-order valence-electron chi connectivity index (χ2n) is 6.22. The summed E-state index contributed by atoms with van der Waals surface area (Å²) in [6.45, 7) is 4.42. The highest BCUT2D eigenvalue weighted by molar-refractivity contribution is 5.96. The number of benzene rings is 1. The largest absolute Gasteiger partial charge is 0.417 e. The minimum absolute atomic E-state index is 0.135. The number of rotatable bonds is 2. The number of hydroxylamine groups is 1. The number of amides is 1. The first-order chi connectivity index (χ1) is 12.8. The van der Waals surface area contributed by atoms with Crippen LogP contribution in [0.15, 0.2) is 30.3 Å². The van der Waals surface area contributed by atoms with Gasteiger partial charge in [0.25, 0.3) is 5.91 Å². The number of aryl methyl sites for hydroxylation is 2. The van der Waals surface area contributed by atoms with Crippen molar-refractivity contribution in [3.05, 3.63) is 52.8 Å². The summed E-state index contributed by atoms with van der Waals surface area (Å²) < 4.78 is 39.6. The Bertz CT molecular complexity index is 821. The van der Waals surface area contributed by atoms with E-state index < -0.39 is 17.6 Å². The minimum Gasteiger partial charge on any atom is -0.334 e. The number of hydrogen-bond donors (Lipinski definition) is 0. The van der Waals surface area contributed by atoms with Crippen LogP contribution in [-0.2, 0) is 11.0 Å². The molecule has 0 aliphatic carbocycles. The third-order valence-electron chi connectivity index (χ3n) is 4.12. The molecule has 1 aromatic carbocycles. The first-order valence-corrected chi connectivity index (χ1v) is 8.44. The molecule has 1 fully saturated rings. The van der Waals surface area contributed by atoms with Crippen molar-refractivity contribution in [1.29, 1.82) is 0 Å². The SMILES string of the molecule is Cc1cc(C)nc(N2CCN(C(=O)c3ccccc3C(F)(F)F)CCO2)n1. The number of halogens is 3. The molecule has 1 amide bonds. The summed E-state index contributed by atoms with van der Waals surface area (Å²) in [5, 5.41) is 1.48. The molecule has 1 aliphatic rings. The molecule has 2 heterocycles. The first kappa shape index (κ1) is 19.1. The van der Waals surface area contributed by atoms with E-state index >= 15 is 0 Å². The van der Waals surface area contributed by atoms with Crippen molar-refractivity contribution in [3.63, 3.8) is 0 Å². The van der Waals surface area contributed by atoms with Crippen molar-refractivity contribution in [2.24, 2.45) is 0 Å². The molecule has 144 valence electrons. The number of alkyl halides is 3. The molecule has 0 bridgehead atoms. The number of carbonyl (C=O) groups is 1. The van der Waals surface area contributed by atoms with Gasteiger partial charge < -0.3 is 4.90 Å². The molecule has 0 saturated carbocycles. The topological polar surface area (TPSA) is 58.6 Å². The number of anilines is 1. The molecule has 0 spiro atoms. The number of carbonyl (C=O) groups excluding carboxylic acids is 1. The van der Waals surface area contributed by atoms with E-state index in [1.54, 1.807) is 0 Å². The van der Waals surface area contributed by atoms with Gasteiger partial charge in [-0.25, -0.2) is 15.0 Å². The number of hydrogen-bond acceptors (Lipinski definition) is 5. The van der Waals surface area contributed by atoms with Gasteiger partial charge in [-0.15, -0.1) is 0 Å². The van der Waals surface area contributed by atoms with Gasteiger partial charge >= 0.3 is 6.18 Å². The first-order valence-electron chi connectivity index (χ1n) is 8.44. The van der Waals surface area contributed by atoms with Gasteiger partial charge in [-0.1, -0.05) is 12.1 Å². The van der Waals surface area contributed by atoms with Crippen molar-refractivity contribution in [2.45, 2.75) is 20.0 Å². The Morgan fingerprint density at radius 3 is 2.41 bits per heavy atom. The van der Waals surface area contributed by atoms with Crippen molar-refractivity contribution >= 4 is 11.9 Å². The van der Waals surface area contributed by atoms with Crippen molar-refractivity contribution < 1.29 is 22.8 Å². The molecule has 27 heavy (non-hydrogen) atoms. The van der Waals surface area contributed by atoms with Gasteiger partial charge in [-0.05, 0) is 32.0 Å². The van der Waals surface area contributed by atoms with Crippen LogP contribution >= 0.6 is 0 Å². The molecule has 9 heteroatoms. The minimum atomic E-state index is -4.59. The number of aromatic nitrogens is 2. The lowest BCUT2D eigenvalue weighted by molar-refractivity contribution is -0.138. The van der Waals surface area contributed by atoms with Crippen LogP contribution in [0, 0.1) is 13.8 Å². The summed E-state index contributed by atoms with van der Waals surface area (Å²) in [5.41, 5.74) is 0.255. The Balaban J connectivity index is 1.78. The second-order valence-corrected chi connectivity index (χ2v) is 6.22. The lowest BCUT2D eigenvalue weighted by Crippen LogP contribution is -2.36. The van der Waals surface area contributed by atoms with Gasteiger partial charge in [0.15, 0.2) is 0 Å². The Kier molecular flexibility index (Phi) is 5.31. The molecule has 0 atom stereocenters. The summed E-state index contributed by atoms with van der Waals surface area (Å²) in [4.78, 5) is 28.3. The smallest absolute Gasteiger partial charge is 0.334 e. The maximum atomic E-state index is 13.2. The quantitative estimate of drug-likeness (QED) is 0.802. The molecule has 1 aromatic heterocycles. The maximum Gasteiger partial charge on any atom is 0.417 e. The average molecular weight is 380 g/mol. The Morgan fingerprint density at radius 1 is 1.07 bits per heavy atom. The zero-order valence-electron chi connectivity index (χ0n) is 15.0. The van der Waals surface area contributed by atoms with Crippen LogP contribution in [-0.4, -0.2) is 47.0 Å². The monoisotopic (exact) mass is 380 g/mol. The van der Waals surface area contributed by atoms with E-state index in [9.17, 15) is 18.0 Å².